The molecule has 3 rings (SSSR count). The lowest BCUT2D eigenvalue weighted by Gasteiger charge is -2.11. The number of nitrogen functional groups attached to an aromatic ring is 1. The maximum absolute atomic E-state index is 9.01. The van der Waals surface area contributed by atoms with Gasteiger partial charge in [0.15, 0.2) is 0 Å². The smallest absolute Gasteiger partial charge is 0.201 e. The van der Waals surface area contributed by atoms with Crippen LogP contribution in [0.2, 0.25) is 0 Å². The molecule has 0 saturated heterocycles. The standard InChI is InChI=1S/C14H13N5S/c1-9(13-17-4-5-20-13)8-19-12-6-10(7-15)2-3-11(12)18-14(19)16/h2-6,9H,8H2,1H3,(H2,16,18). The van der Waals surface area contributed by atoms with Crippen LogP contribution in [0.5, 0.6) is 0 Å². The summed E-state index contributed by atoms with van der Waals surface area (Å²) in [5, 5.41) is 12.0. The molecule has 1 atom stereocenters. The van der Waals surface area contributed by atoms with Crippen molar-refractivity contribution < 1.29 is 0 Å². The highest BCUT2D eigenvalue weighted by Gasteiger charge is 2.14. The van der Waals surface area contributed by atoms with Crippen LogP contribution in [0, 0.1) is 11.3 Å². The summed E-state index contributed by atoms with van der Waals surface area (Å²) in [5.74, 6) is 0.721. The Bertz CT molecular complexity index is 782. The summed E-state index contributed by atoms with van der Waals surface area (Å²) in [4.78, 5) is 8.67. The summed E-state index contributed by atoms with van der Waals surface area (Å²) in [6.07, 6.45) is 1.81. The monoisotopic (exact) mass is 283 g/mol. The lowest BCUT2D eigenvalue weighted by atomic mass is 10.2. The van der Waals surface area contributed by atoms with Gasteiger partial charge in [0, 0.05) is 24.0 Å². The van der Waals surface area contributed by atoms with Crippen molar-refractivity contribution in [2.24, 2.45) is 0 Å². The van der Waals surface area contributed by atoms with Gasteiger partial charge in [-0.1, -0.05) is 6.92 Å². The van der Waals surface area contributed by atoms with Crippen molar-refractivity contribution in [1.29, 1.82) is 5.26 Å². The summed E-state index contributed by atoms with van der Waals surface area (Å²) in [6.45, 7) is 2.81. The lowest BCUT2D eigenvalue weighted by molar-refractivity contribution is 0.614. The highest BCUT2D eigenvalue weighted by atomic mass is 32.1. The molecule has 0 aliphatic heterocycles. The lowest BCUT2D eigenvalue weighted by Crippen LogP contribution is -2.09. The number of hydrogen-bond donors (Lipinski definition) is 1. The Labute approximate surface area is 120 Å². The minimum Gasteiger partial charge on any atom is -0.369 e. The van der Waals surface area contributed by atoms with Crippen LogP contribution < -0.4 is 5.73 Å². The Kier molecular flexibility index (Phi) is 3.12. The van der Waals surface area contributed by atoms with Crippen LogP contribution in [0.15, 0.2) is 29.8 Å². The Morgan fingerprint density at radius 3 is 3.05 bits per heavy atom. The van der Waals surface area contributed by atoms with E-state index in [0.29, 0.717) is 18.1 Å². The first-order valence-corrected chi connectivity index (χ1v) is 7.12. The zero-order valence-corrected chi connectivity index (χ0v) is 11.8. The van der Waals surface area contributed by atoms with Crippen LogP contribution in [0.1, 0.15) is 23.4 Å². The first-order chi connectivity index (χ1) is 9.69. The van der Waals surface area contributed by atoms with Gasteiger partial charge in [0.05, 0.1) is 27.7 Å². The van der Waals surface area contributed by atoms with E-state index >= 15 is 0 Å². The number of rotatable bonds is 3. The number of nitriles is 1. The van der Waals surface area contributed by atoms with Crippen LogP contribution in [-0.4, -0.2) is 14.5 Å². The first-order valence-electron chi connectivity index (χ1n) is 6.24. The van der Waals surface area contributed by atoms with E-state index in [1.807, 2.05) is 22.1 Å². The average Bonchev–Trinajstić information content (AvgIpc) is 3.07. The van der Waals surface area contributed by atoms with E-state index in [4.69, 9.17) is 11.0 Å². The van der Waals surface area contributed by atoms with E-state index in [1.165, 1.54) is 0 Å². The second-order valence-corrected chi connectivity index (χ2v) is 5.59. The number of anilines is 1. The molecule has 1 aromatic carbocycles. The van der Waals surface area contributed by atoms with Gasteiger partial charge in [0.25, 0.3) is 0 Å². The highest BCUT2D eigenvalue weighted by Crippen LogP contribution is 2.25. The summed E-state index contributed by atoms with van der Waals surface area (Å²) < 4.78 is 1.95. The predicted molar refractivity (Wildman–Crippen MR) is 79.4 cm³/mol. The van der Waals surface area contributed by atoms with E-state index in [0.717, 1.165) is 16.0 Å². The highest BCUT2D eigenvalue weighted by molar-refractivity contribution is 7.09. The Balaban J connectivity index is 2.02. The molecule has 0 aliphatic carbocycles. The normalized spacial score (nSPS) is 12.4. The molecular weight excluding hydrogens is 270 g/mol. The summed E-state index contributed by atoms with van der Waals surface area (Å²) >= 11 is 1.63. The fourth-order valence-electron chi connectivity index (χ4n) is 2.23. The van der Waals surface area contributed by atoms with Crippen molar-refractivity contribution in [3.05, 3.63) is 40.3 Å². The van der Waals surface area contributed by atoms with Crippen molar-refractivity contribution in [3.8, 4) is 6.07 Å². The number of thiazole rings is 1. The van der Waals surface area contributed by atoms with Gasteiger partial charge in [0.1, 0.15) is 0 Å². The first kappa shape index (κ1) is 12.6. The van der Waals surface area contributed by atoms with Crippen molar-refractivity contribution in [2.45, 2.75) is 19.4 Å². The molecule has 0 aliphatic rings. The molecule has 0 saturated carbocycles. The molecule has 0 radical (unpaired) electrons. The number of nitrogens with zero attached hydrogens (tertiary/aromatic N) is 4. The Morgan fingerprint density at radius 2 is 2.35 bits per heavy atom. The molecule has 100 valence electrons. The second-order valence-electron chi connectivity index (χ2n) is 4.67. The van der Waals surface area contributed by atoms with Crippen LogP contribution in [0.3, 0.4) is 0 Å². The van der Waals surface area contributed by atoms with Gasteiger partial charge in [-0.2, -0.15) is 5.26 Å². The van der Waals surface area contributed by atoms with E-state index in [-0.39, 0.29) is 5.92 Å². The van der Waals surface area contributed by atoms with Crippen molar-refractivity contribution in [3.63, 3.8) is 0 Å². The molecule has 0 spiro atoms. The van der Waals surface area contributed by atoms with Crippen molar-refractivity contribution in [2.75, 3.05) is 5.73 Å². The summed E-state index contributed by atoms with van der Waals surface area (Å²) in [6, 6.07) is 7.55. The summed E-state index contributed by atoms with van der Waals surface area (Å²) in [5.41, 5.74) is 8.32. The minimum absolute atomic E-state index is 0.250. The van der Waals surface area contributed by atoms with Crippen molar-refractivity contribution in [1.82, 2.24) is 14.5 Å². The number of hydrogen-bond acceptors (Lipinski definition) is 5. The third-order valence-corrected chi connectivity index (χ3v) is 4.24. The molecular formula is C14H13N5S. The predicted octanol–water partition coefficient (Wildman–Crippen LogP) is 2.75. The number of imidazole rings is 1. The molecule has 2 aromatic heterocycles. The SMILES string of the molecule is CC(Cn1c(N)nc2ccc(C#N)cc21)c1nccs1. The van der Waals surface area contributed by atoms with Gasteiger partial charge in [0.2, 0.25) is 5.95 Å². The van der Waals surface area contributed by atoms with Crippen LogP contribution in [0.4, 0.5) is 5.95 Å². The molecule has 0 bridgehead atoms. The number of benzene rings is 1. The molecule has 1 unspecified atom stereocenters. The fourth-order valence-corrected chi connectivity index (χ4v) is 2.92. The molecule has 2 N–H and O–H groups in total. The minimum atomic E-state index is 0.250. The molecule has 2 heterocycles. The van der Waals surface area contributed by atoms with E-state index in [2.05, 4.69) is 23.0 Å². The largest absolute Gasteiger partial charge is 0.369 e. The Morgan fingerprint density at radius 1 is 1.50 bits per heavy atom. The van der Waals surface area contributed by atoms with E-state index in [1.54, 1.807) is 23.6 Å². The number of aromatic nitrogens is 3. The molecule has 5 nitrogen and oxygen atoms in total. The third kappa shape index (κ3) is 2.12. The fraction of sp³-hybridized carbons (Fsp3) is 0.214. The van der Waals surface area contributed by atoms with Gasteiger partial charge in [-0.15, -0.1) is 11.3 Å². The quantitative estimate of drug-likeness (QED) is 0.801. The molecule has 6 heteroatoms. The average molecular weight is 283 g/mol. The zero-order valence-electron chi connectivity index (χ0n) is 10.9. The second kappa shape index (κ2) is 4.94. The molecule has 0 fully saturated rings. The topological polar surface area (TPSA) is 80.5 Å². The Hall–Kier alpha value is -2.39. The van der Waals surface area contributed by atoms with Gasteiger partial charge in [-0.05, 0) is 18.2 Å². The van der Waals surface area contributed by atoms with Crippen LogP contribution in [-0.2, 0) is 6.54 Å². The molecule has 0 amide bonds. The maximum Gasteiger partial charge on any atom is 0.201 e. The van der Waals surface area contributed by atoms with Gasteiger partial charge < -0.3 is 10.3 Å². The zero-order chi connectivity index (χ0) is 14.1. The summed E-state index contributed by atoms with van der Waals surface area (Å²) in [7, 11) is 0. The number of nitrogens with two attached hydrogens (primary N) is 1. The molecule has 20 heavy (non-hydrogen) atoms. The van der Waals surface area contributed by atoms with Crippen LogP contribution in [0.25, 0.3) is 11.0 Å². The number of fused-ring (bicyclic) bond motifs is 1. The van der Waals surface area contributed by atoms with Gasteiger partial charge in [-0.25, -0.2) is 9.97 Å². The van der Waals surface area contributed by atoms with Gasteiger partial charge in [-0.3, -0.25) is 0 Å². The van der Waals surface area contributed by atoms with Crippen LogP contribution >= 0.6 is 11.3 Å². The van der Waals surface area contributed by atoms with E-state index < -0.39 is 0 Å². The molecule has 3 aromatic rings. The third-order valence-electron chi connectivity index (χ3n) is 3.24. The maximum atomic E-state index is 9.01. The van der Waals surface area contributed by atoms with Crippen molar-refractivity contribution >= 4 is 28.3 Å². The van der Waals surface area contributed by atoms with Gasteiger partial charge >= 0.3 is 0 Å². The van der Waals surface area contributed by atoms with E-state index in [9.17, 15) is 0 Å².